The highest BCUT2D eigenvalue weighted by Crippen LogP contribution is 2.14. The standard InChI is InChI=1S/C13H14N2O2/c1-4-12(16)9-5-6-10-11(7-9)15(3)8(2)14-13(10)17/h5-7H,4H2,1-3H3. The van der Waals surface area contributed by atoms with E-state index in [9.17, 15) is 9.59 Å². The van der Waals surface area contributed by atoms with E-state index in [1.165, 1.54) is 0 Å². The van der Waals surface area contributed by atoms with Crippen LogP contribution in [0.1, 0.15) is 29.5 Å². The number of hydrogen-bond acceptors (Lipinski definition) is 3. The van der Waals surface area contributed by atoms with Gasteiger partial charge in [-0.05, 0) is 19.1 Å². The van der Waals surface area contributed by atoms with E-state index in [-0.39, 0.29) is 11.3 Å². The molecule has 0 saturated carbocycles. The van der Waals surface area contributed by atoms with Crippen molar-refractivity contribution >= 4 is 16.7 Å². The molecule has 4 heteroatoms. The molecule has 0 spiro atoms. The number of rotatable bonds is 2. The third kappa shape index (κ3) is 1.86. The van der Waals surface area contributed by atoms with Crippen LogP contribution in [0.5, 0.6) is 0 Å². The Hall–Kier alpha value is -1.97. The summed E-state index contributed by atoms with van der Waals surface area (Å²) in [6, 6.07) is 5.12. The van der Waals surface area contributed by atoms with Gasteiger partial charge in [0.25, 0.3) is 5.56 Å². The molecular weight excluding hydrogens is 216 g/mol. The highest BCUT2D eigenvalue weighted by atomic mass is 16.1. The molecule has 1 heterocycles. The molecule has 0 fully saturated rings. The molecule has 2 aromatic rings. The van der Waals surface area contributed by atoms with Gasteiger partial charge in [0.15, 0.2) is 5.78 Å². The van der Waals surface area contributed by atoms with Crippen LogP contribution < -0.4 is 5.56 Å². The van der Waals surface area contributed by atoms with Gasteiger partial charge in [-0.25, -0.2) is 0 Å². The Morgan fingerprint density at radius 2 is 2.12 bits per heavy atom. The number of carbonyl (C=O) groups excluding carboxylic acids is 1. The molecule has 17 heavy (non-hydrogen) atoms. The van der Waals surface area contributed by atoms with E-state index in [4.69, 9.17) is 0 Å². The topological polar surface area (TPSA) is 52.0 Å². The van der Waals surface area contributed by atoms with Gasteiger partial charge in [-0.2, -0.15) is 4.98 Å². The lowest BCUT2D eigenvalue weighted by Crippen LogP contribution is -2.15. The Kier molecular flexibility index (Phi) is 2.79. The average Bonchev–Trinajstić information content (AvgIpc) is 2.34. The third-order valence-corrected chi connectivity index (χ3v) is 2.98. The van der Waals surface area contributed by atoms with Gasteiger partial charge in [0.2, 0.25) is 0 Å². The van der Waals surface area contributed by atoms with Crippen molar-refractivity contribution in [3.05, 3.63) is 39.9 Å². The number of aromatic nitrogens is 2. The number of benzene rings is 1. The SMILES string of the molecule is CCC(=O)c1ccc2c(=O)nc(C)n(C)c2c1. The highest BCUT2D eigenvalue weighted by Gasteiger charge is 2.09. The quantitative estimate of drug-likeness (QED) is 0.739. The third-order valence-electron chi connectivity index (χ3n) is 2.98. The lowest BCUT2D eigenvalue weighted by atomic mass is 10.1. The second-order valence-corrected chi connectivity index (χ2v) is 4.03. The highest BCUT2D eigenvalue weighted by molar-refractivity contribution is 5.99. The number of nitrogens with zero attached hydrogens (tertiary/aromatic N) is 2. The van der Waals surface area contributed by atoms with E-state index >= 15 is 0 Å². The Balaban J connectivity index is 2.81. The van der Waals surface area contributed by atoms with E-state index in [2.05, 4.69) is 4.98 Å². The fourth-order valence-electron chi connectivity index (χ4n) is 1.82. The molecule has 0 saturated heterocycles. The van der Waals surface area contributed by atoms with Crippen LogP contribution in [0, 0.1) is 6.92 Å². The van der Waals surface area contributed by atoms with Crippen molar-refractivity contribution < 1.29 is 4.79 Å². The van der Waals surface area contributed by atoms with Crippen LogP contribution in [0.15, 0.2) is 23.0 Å². The first-order valence-electron chi connectivity index (χ1n) is 5.55. The maximum absolute atomic E-state index is 11.7. The Bertz CT molecular complexity index is 656. The van der Waals surface area contributed by atoms with Gasteiger partial charge in [-0.3, -0.25) is 9.59 Å². The second-order valence-electron chi connectivity index (χ2n) is 4.03. The number of Topliss-reactive ketones (excluding diaryl/α,β-unsaturated/α-hetero) is 1. The smallest absolute Gasteiger partial charge is 0.280 e. The summed E-state index contributed by atoms with van der Waals surface area (Å²) in [4.78, 5) is 27.2. The molecular formula is C13H14N2O2. The molecule has 1 aromatic carbocycles. The second kappa shape index (κ2) is 4.13. The fraction of sp³-hybridized carbons (Fsp3) is 0.308. The van der Waals surface area contributed by atoms with E-state index in [0.29, 0.717) is 23.2 Å². The fourth-order valence-corrected chi connectivity index (χ4v) is 1.82. The van der Waals surface area contributed by atoms with Crippen LogP contribution in [0.3, 0.4) is 0 Å². The zero-order valence-corrected chi connectivity index (χ0v) is 10.2. The summed E-state index contributed by atoms with van der Waals surface area (Å²) >= 11 is 0. The summed E-state index contributed by atoms with van der Waals surface area (Å²) in [5, 5.41) is 0.547. The summed E-state index contributed by atoms with van der Waals surface area (Å²) in [5.74, 6) is 0.720. The minimum absolute atomic E-state index is 0.0776. The molecule has 0 bridgehead atoms. The van der Waals surface area contributed by atoms with Crippen LogP contribution in [0.2, 0.25) is 0 Å². The zero-order valence-electron chi connectivity index (χ0n) is 10.2. The summed E-state index contributed by atoms with van der Waals surface area (Å²) in [6.07, 6.45) is 0.462. The summed E-state index contributed by atoms with van der Waals surface area (Å²) in [7, 11) is 1.84. The molecule has 88 valence electrons. The van der Waals surface area contributed by atoms with Crippen LogP contribution in [0.25, 0.3) is 10.9 Å². The van der Waals surface area contributed by atoms with Gasteiger partial charge in [0.1, 0.15) is 5.82 Å². The number of aryl methyl sites for hydroxylation is 2. The summed E-state index contributed by atoms with van der Waals surface area (Å²) in [5.41, 5.74) is 1.15. The molecule has 0 unspecified atom stereocenters. The van der Waals surface area contributed by atoms with Crippen molar-refractivity contribution in [1.82, 2.24) is 9.55 Å². The zero-order chi connectivity index (χ0) is 12.6. The maximum Gasteiger partial charge on any atom is 0.280 e. The van der Waals surface area contributed by atoms with Crippen molar-refractivity contribution in [2.24, 2.45) is 7.05 Å². The van der Waals surface area contributed by atoms with Crippen molar-refractivity contribution in [2.75, 3.05) is 0 Å². The van der Waals surface area contributed by atoms with Crippen molar-refractivity contribution in [1.29, 1.82) is 0 Å². The van der Waals surface area contributed by atoms with Gasteiger partial charge in [0, 0.05) is 19.0 Å². The predicted octanol–water partition coefficient (Wildman–Crippen LogP) is 1.83. The molecule has 0 radical (unpaired) electrons. The van der Waals surface area contributed by atoms with Crippen molar-refractivity contribution in [3.63, 3.8) is 0 Å². The predicted molar refractivity (Wildman–Crippen MR) is 66.3 cm³/mol. The minimum Gasteiger partial charge on any atom is -0.332 e. The molecule has 2 rings (SSSR count). The minimum atomic E-state index is -0.244. The Morgan fingerprint density at radius 3 is 2.76 bits per heavy atom. The van der Waals surface area contributed by atoms with E-state index < -0.39 is 0 Å². The van der Waals surface area contributed by atoms with Gasteiger partial charge in [-0.15, -0.1) is 0 Å². The molecule has 4 nitrogen and oxygen atoms in total. The van der Waals surface area contributed by atoms with Gasteiger partial charge in [0.05, 0.1) is 10.9 Å². The number of carbonyl (C=O) groups is 1. The first-order chi connectivity index (χ1) is 8.04. The first kappa shape index (κ1) is 11.5. The molecule has 0 aliphatic heterocycles. The molecule has 0 atom stereocenters. The van der Waals surface area contributed by atoms with Crippen LogP contribution in [-0.4, -0.2) is 15.3 Å². The first-order valence-corrected chi connectivity index (χ1v) is 5.55. The van der Waals surface area contributed by atoms with E-state index in [0.717, 1.165) is 5.52 Å². The normalized spacial score (nSPS) is 10.8. The number of ketones is 1. The van der Waals surface area contributed by atoms with Crippen LogP contribution >= 0.6 is 0 Å². The summed E-state index contributed by atoms with van der Waals surface area (Å²) < 4.78 is 1.82. The van der Waals surface area contributed by atoms with E-state index in [1.807, 2.05) is 18.5 Å². The largest absolute Gasteiger partial charge is 0.332 e. The average molecular weight is 230 g/mol. The lowest BCUT2D eigenvalue weighted by Gasteiger charge is -2.08. The van der Waals surface area contributed by atoms with E-state index in [1.54, 1.807) is 25.1 Å². The van der Waals surface area contributed by atoms with Gasteiger partial charge in [-0.1, -0.05) is 13.0 Å². The lowest BCUT2D eigenvalue weighted by molar-refractivity contribution is 0.0988. The molecule has 0 N–H and O–H groups in total. The molecule has 0 aliphatic carbocycles. The monoisotopic (exact) mass is 230 g/mol. The molecule has 0 amide bonds. The van der Waals surface area contributed by atoms with Crippen LogP contribution in [0.4, 0.5) is 0 Å². The van der Waals surface area contributed by atoms with Crippen molar-refractivity contribution in [2.45, 2.75) is 20.3 Å². The number of fused-ring (bicyclic) bond motifs is 1. The van der Waals surface area contributed by atoms with Crippen LogP contribution in [-0.2, 0) is 7.05 Å². The molecule has 1 aromatic heterocycles. The van der Waals surface area contributed by atoms with Gasteiger partial charge < -0.3 is 4.57 Å². The Labute approximate surface area is 98.9 Å². The Morgan fingerprint density at radius 1 is 1.41 bits per heavy atom. The van der Waals surface area contributed by atoms with Gasteiger partial charge >= 0.3 is 0 Å². The maximum atomic E-state index is 11.7. The van der Waals surface area contributed by atoms with Crippen molar-refractivity contribution in [3.8, 4) is 0 Å². The summed E-state index contributed by atoms with van der Waals surface area (Å²) in [6.45, 7) is 3.60. The molecule has 0 aliphatic rings. The number of hydrogen-bond donors (Lipinski definition) is 0.